The van der Waals surface area contributed by atoms with Crippen LogP contribution in [-0.4, -0.2) is 36.6 Å². The molecule has 0 unspecified atom stereocenters. The minimum Gasteiger partial charge on any atom is -0.493 e. The Labute approximate surface area is 192 Å². The minimum atomic E-state index is -0.0505. The molecule has 0 N–H and O–H groups in total. The van der Waals surface area contributed by atoms with Gasteiger partial charge in [-0.2, -0.15) is 0 Å². The quantitative estimate of drug-likeness (QED) is 0.426. The van der Waals surface area contributed by atoms with Crippen LogP contribution in [0.4, 0.5) is 0 Å². The van der Waals surface area contributed by atoms with E-state index in [0.29, 0.717) is 47.4 Å². The van der Waals surface area contributed by atoms with E-state index in [2.05, 4.69) is 4.98 Å². The highest BCUT2D eigenvalue weighted by molar-refractivity contribution is 6.00. The number of rotatable bonds is 5. The van der Waals surface area contributed by atoms with Crippen molar-refractivity contribution in [2.75, 3.05) is 20.8 Å². The van der Waals surface area contributed by atoms with Gasteiger partial charge < -0.3 is 18.8 Å². The number of hydrogen-bond donors (Lipinski definition) is 0. The van der Waals surface area contributed by atoms with Crippen molar-refractivity contribution in [1.29, 1.82) is 0 Å². The van der Waals surface area contributed by atoms with Crippen LogP contribution >= 0.6 is 0 Å². The minimum absolute atomic E-state index is 0.0505. The van der Waals surface area contributed by atoms with E-state index in [9.17, 15) is 4.79 Å². The van der Waals surface area contributed by atoms with Crippen molar-refractivity contribution in [2.45, 2.75) is 13.0 Å². The van der Waals surface area contributed by atoms with Gasteiger partial charge in [-0.25, -0.2) is 4.98 Å². The second kappa shape index (κ2) is 8.82. The molecule has 3 aromatic carbocycles. The number of benzene rings is 3. The number of amides is 1. The van der Waals surface area contributed by atoms with Crippen LogP contribution in [0.2, 0.25) is 0 Å². The van der Waals surface area contributed by atoms with E-state index in [1.54, 1.807) is 20.4 Å². The summed E-state index contributed by atoms with van der Waals surface area (Å²) in [6.07, 6.45) is 2.45. The number of carbonyl (C=O) groups excluding carboxylic acids is 1. The number of carbonyl (C=O) groups is 1. The van der Waals surface area contributed by atoms with Gasteiger partial charge in [-0.15, -0.1) is 0 Å². The summed E-state index contributed by atoms with van der Waals surface area (Å²) in [5, 5.41) is 0. The van der Waals surface area contributed by atoms with Gasteiger partial charge in [0, 0.05) is 24.2 Å². The maximum absolute atomic E-state index is 13.6. The standard InChI is InChI=1S/C27H24N2O4/c1-31-23-14-19-12-13-29(17-20(19)15-24(23)32-2)27(30)22-11-7-6-10-21(22)26-28-16-25(33-26)18-8-4-3-5-9-18/h3-11,14-16H,12-13,17H2,1-2H3. The largest absolute Gasteiger partial charge is 0.493 e. The van der Waals surface area contributed by atoms with Crippen LogP contribution in [0.5, 0.6) is 11.5 Å². The molecule has 2 heterocycles. The molecule has 0 fully saturated rings. The maximum atomic E-state index is 13.6. The van der Waals surface area contributed by atoms with Gasteiger partial charge in [0.2, 0.25) is 5.89 Å². The third kappa shape index (κ3) is 3.96. The lowest BCUT2D eigenvalue weighted by atomic mass is 9.97. The number of methoxy groups -OCH3 is 2. The van der Waals surface area contributed by atoms with Gasteiger partial charge in [0.05, 0.1) is 26.0 Å². The molecular weight excluding hydrogens is 416 g/mol. The van der Waals surface area contributed by atoms with Crippen molar-refractivity contribution in [3.8, 4) is 34.3 Å². The first-order valence-electron chi connectivity index (χ1n) is 10.8. The van der Waals surface area contributed by atoms with Gasteiger partial charge in [-0.1, -0.05) is 42.5 Å². The molecule has 1 aromatic heterocycles. The second-order valence-electron chi connectivity index (χ2n) is 7.89. The van der Waals surface area contributed by atoms with Gasteiger partial charge >= 0.3 is 0 Å². The maximum Gasteiger partial charge on any atom is 0.254 e. The fourth-order valence-corrected chi connectivity index (χ4v) is 4.22. The molecular formula is C27H24N2O4. The molecule has 1 aliphatic rings. The average molecular weight is 440 g/mol. The van der Waals surface area contributed by atoms with E-state index < -0.39 is 0 Å². The lowest BCUT2D eigenvalue weighted by Crippen LogP contribution is -2.36. The highest BCUT2D eigenvalue weighted by Crippen LogP contribution is 2.34. The average Bonchev–Trinajstić information content (AvgIpc) is 3.38. The summed E-state index contributed by atoms with van der Waals surface area (Å²) in [5.74, 6) is 2.42. The summed E-state index contributed by atoms with van der Waals surface area (Å²) in [7, 11) is 3.25. The Hall–Kier alpha value is -4.06. The molecule has 166 valence electrons. The van der Waals surface area contributed by atoms with Crippen molar-refractivity contribution in [3.05, 3.63) is 89.6 Å². The monoisotopic (exact) mass is 440 g/mol. The van der Waals surface area contributed by atoms with Gasteiger partial charge in [0.1, 0.15) is 0 Å². The predicted molar refractivity (Wildman–Crippen MR) is 125 cm³/mol. The molecule has 0 bridgehead atoms. The Morgan fingerprint density at radius 2 is 1.64 bits per heavy atom. The van der Waals surface area contributed by atoms with Crippen molar-refractivity contribution >= 4 is 5.91 Å². The fourth-order valence-electron chi connectivity index (χ4n) is 4.22. The predicted octanol–water partition coefficient (Wildman–Crippen LogP) is 5.22. The molecule has 0 aliphatic carbocycles. The Morgan fingerprint density at radius 3 is 2.39 bits per heavy atom. The zero-order valence-electron chi connectivity index (χ0n) is 18.6. The molecule has 4 aromatic rings. The highest BCUT2D eigenvalue weighted by Gasteiger charge is 2.26. The highest BCUT2D eigenvalue weighted by atomic mass is 16.5. The van der Waals surface area contributed by atoms with Crippen LogP contribution in [0.3, 0.4) is 0 Å². The first-order chi connectivity index (χ1) is 16.2. The molecule has 0 atom stereocenters. The van der Waals surface area contributed by atoms with Crippen LogP contribution < -0.4 is 9.47 Å². The SMILES string of the molecule is COc1cc2c(cc1OC)CN(C(=O)c1ccccc1-c1ncc(-c3ccccc3)o1)CC2. The van der Waals surface area contributed by atoms with Crippen LogP contribution in [0.1, 0.15) is 21.5 Å². The number of fused-ring (bicyclic) bond motifs is 1. The first kappa shape index (κ1) is 20.8. The van der Waals surface area contributed by atoms with E-state index in [-0.39, 0.29) is 5.91 Å². The number of nitrogens with zero attached hydrogens (tertiary/aromatic N) is 2. The lowest BCUT2D eigenvalue weighted by molar-refractivity contribution is 0.0735. The third-order valence-electron chi connectivity index (χ3n) is 5.96. The summed E-state index contributed by atoms with van der Waals surface area (Å²) in [6, 6.07) is 21.2. The summed E-state index contributed by atoms with van der Waals surface area (Å²) in [4.78, 5) is 19.9. The van der Waals surface area contributed by atoms with Crippen LogP contribution in [-0.2, 0) is 13.0 Å². The van der Waals surface area contributed by atoms with Crippen LogP contribution in [0.15, 0.2) is 77.3 Å². The first-order valence-corrected chi connectivity index (χ1v) is 10.8. The van der Waals surface area contributed by atoms with Crippen molar-refractivity contribution in [3.63, 3.8) is 0 Å². The van der Waals surface area contributed by atoms with Crippen molar-refractivity contribution in [1.82, 2.24) is 9.88 Å². The normalized spacial score (nSPS) is 12.8. The molecule has 6 heteroatoms. The smallest absolute Gasteiger partial charge is 0.254 e. The number of ether oxygens (including phenoxy) is 2. The fraction of sp³-hybridized carbons (Fsp3) is 0.185. The van der Waals surface area contributed by atoms with E-state index in [4.69, 9.17) is 13.9 Å². The van der Waals surface area contributed by atoms with Gasteiger partial charge in [0.25, 0.3) is 5.91 Å². The van der Waals surface area contributed by atoms with Crippen LogP contribution in [0, 0.1) is 0 Å². The molecule has 6 nitrogen and oxygen atoms in total. The van der Waals surface area contributed by atoms with Crippen molar-refractivity contribution < 1.29 is 18.7 Å². The molecule has 5 rings (SSSR count). The molecule has 0 saturated carbocycles. The van der Waals surface area contributed by atoms with Gasteiger partial charge in [0.15, 0.2) is 17.3 Å². The lowest BCUT2D eigenvalue weighted by Gasteiger charge is -2.30. The summed E-state index contributed by atoms with van der Waals surface area (Å²) < 4.78 is 16.9. The van der Waals surface area contributed by atoms with Crippen LogP contribution in [0.25, 0.3) is 22.8 Å². The molecule has 0 saturated heterocycles. The molecule has 0 radical (unpaired) electrons. The summed E-state index contributed by atoms with van der Waals surface area (Å²) in [5.41, 5.74) is 4.43. The Kier molecular flexibility index (Phi) is 5.57. The van der Waals surface area contributed by atoms with Crippen molar-refractivity contribution in [2.24, 2.45) is 0 Å². The summed E-state index contributed by atoms with van der Waals surface area (Å²) in [6.45, 7) is 1.13. The Morgan fingerprint density at radius 1 is 0.939 bits per heavy atom. The zero-order valence-corrected chi connectivity index (χ0v) is 18.6. The molecule has 1 aliphatic heterocycles. The van der Waals surface area contributed by atoms with E-state index in [1.807, 2.05) is 71.6 Å². The topological polar surface area (TPSA) is 64.8 Å². The molecule has 0 spiro atoms. The number of aromatic nitrogens is 1. The second-order valence-corrected chi connectivity index (χ2v) is 7.89. The zero-order chi connectivity index (χ0) is 22.8. The van der Waals surface area contributed by atoms with E-state index in [1.165, 1.54) is 5.56 Å². The molecule has 1 amide bonds. The summed E-state index contributed by atoms with van der Waals surface area (Å²) >= 11 is 0. The van der Waals surface area contributed by atoms with Gasteiger partial charge in [-0.05, 0) is 41.8 Å². The molecule has 33 heavy (non-hydrogen) atoms. The number of hydrogen-bond acceptors (Lipinski definition) is 5. The van der Waals surface area contributed by atoms with E-state index in [0.717, 1.165) is 17.5 Å². The third-order valence-corrected chi connectivity index (χ3v) is 5.96. The Bertz CT molecular complexity index is 1300. The Balaban J connectivity index is 1.44. The number of oxazole rings is 1. The van der Waals surface area contributed by atoms with E-state index >= 15 is 0 Å². The van der Waals surface area contributed by atoms with Gasteiger partial charge in [-0.3, -0.25) is 4.79 Å².